The first-order valence-corrected chi connectivity index (χ1v) is 9.24. The van der Waals surface area contributed by atoms with E-state index in [0.717, 1.165) is 30.2 Å². The summed E-state index contributed by atoms with van der Waals surface area (Å²) in [6, 6.07) is 7.92. The van der Waals surface area contributed by atoms with Crippen LogP contribution in [0.5, 0.6) is 5.75 Å². The summed E-state index contributed by atoms with van der Waals surface area (Å²) in [6.07, 6.45) is 0.845. The monoisotopic (exact) mass is 371 g/mol. The largest absolute Gasteiger partial charge is 0.506 e. The highest BCUT2D eigenvalue weighted by atomic mass is 35.5. The normalized spacial score (nSPS) is 12.2. The Labute approximate surface area is 146 Å². The molecule has 4 nitrogen and oxygen atoms in total. The molecule has 0 atom stereocenters. The highest BCUT2D eigenvalue weighted by molar-refractivity contribution is 7.92. The van der Waals surface area contributed by atoms with Crippen LogP contribution in [0.4, 0.5) is 10.1 Å². The fourth-order valence-corrected chi connectivity index (χ4v) is 3.43. The molecule has 0 bridgehead atoms. The van der Waals surface area contributed by atoms with Crippen LogP contribution in [0.3, 0.4) is 0 Å². The lowest BCUT2D eigenvalue weighted by atomic mass is 9.82. The van der Waals surface area contributed by atoms with Crippen LogP contribution in [0, 0.1) is 5.82 Å². The Morgan fingerprint density at radius 2 is 1.88 bits per heavy atom. The van der Waals surface area contributed by atoms with Gasteiger partial charge in [0.15, 0.2) is 0 Å². The summed E-state index contributed by atoms with van der Waals surface area (Å²) in [5, 5.41) is 9.68. The van der Waals surface area contributed by atoms with Crippen molar-refractivity contribution in [1.82, 2.24) is 0 Å². The van der Waals surface area contributed by atoms with Crippen molar-refractivity contribution in [2.75, 3.05) is 4.72 Å². The molecule has 0 aliphatic carbocycles. The number of nitrogens with one attached hydrogen (secondary N) is 1. The molecule has 2 rings (SSSR count). The van der Waals surface area contributed by atoms with Gasteiger partial charge in [0.25, 0.3) is 10.0 Å². The van der Waals surface area contributed by atoms with Gasteiger partial charge in [-0.25, -0.2) is 12.8 Å². The molecule has 0 aromatic heterocycles. The molecule has 2 aromatic rings. The van der Waals surface area contributed by atoms with Gasteiger partial charge in [0.1, 0.15) is 11.6 Å². The fraction of sp³-hybridized carbons (Fsp3) is 0.294. The van der Waals surface area contributed by atoms with Gasteiger partial charge in [0, 0.05) is 0 Å². The maximum Gasteiger partial charge on any atom is 0.262 e. The molecule has 2 aromatic carbocycles. The Morgan fingerprint density at radius 1 is 1.21 bits per heavy atom. The number of halogens is 2. The average molecular weight is 372 g/mol. The van der Waals surface area contributed by atoms with Crippen molar-refractivity contribution < 1.29 is 17.9 Å². The molecular formula is C17H19ClFNO3S. The molecule has 7 heteroatoms. The van der Waals surface area contributed by atoms with Crippen molar-refractivity contribution in [1.29, 1.82) is 0 Å². The number of sulfonamides is 1. The Bertz CT molecular complexity index is 866. The van der Waals surface area contributed by atoms with Gasteiger partial charge in [-0.15, -0.1) is 0 Å². The van der Waals surface area contributed by atoms with E-state index >= 15 is 0 Å². The number of rotatable bonds is 5. The number of anilines is 1. The first-order valence-electron chi connectivity index (χ1n) is 7.38. The molecule has 24 heavy (non-hydrogen) atoms. The predicted octanol–water partition coefficient (Wildman–Crippen LogP) is 4.67. The zero-order valence-corrected chi connectivity index (χ0v) is 15.2. The molecule has 0 aliphatic rings. The van der Waals surface area contributed by atoms with E-state index in [1.165, 1.54) is 6.07 Å². The zero-order valence-electron chi connectivity index (χ0n) is 13.6. The summed E-state index contributed by atoms with van der Waals surface area (Å²) >= 11 is 5.64. The van der Waals surface area contributed by atoms with Gasteiger partial charge in [0.05, 0.1) is 15.6 Å². The van der Waals surface area contributed by atoms with E-state index in [1.807, 2.05) is 20.8 Å². The molecule has 0 saturated carbocycles. The molecule has 0 amide bonds. The van der Waals surface area contributed by atoms with Gasteiger partial charge in [-0.1, -0.05) is 38.4 Å². The molecular weight excluding hydrogens is 353 g/mol. The minimum absolute atomic E-state index is 0.0643. The van der Waals surface area contributed by atoms with E-state index in [9.17, 15) is 17.9 Å². The van der Waals surface area contributed by atoms with E-state index in [-0.39, 0.29) is 26.8 Å². The second-order valence-electron chi connectivity index (χ2n) is 6.15. The molecule has 0 heterocycles. The smallest absolute Gasteiger partial charge is 0.262 e. The lowest BCUT2D eigenvalue weighted by Crippen LogP contribution is -2.17. The maximum atomic E-state index is 13.2. The second kappa shape index (κ2) is 6.61. The van der Waals surface area contributed by atoms with E-state index < -0.39 is 15.8 Å². The van der Waals surface area contributed by atoms with E-state index in [0.29, 0.717) is 0 Å². The zero-order chi connectivity index (χ0) is 18.1. The Morgan fingerprint density at radius 3 is 2.46 bits per heavy atom. The molecule has 2 N–H and O–H groups in total. The quantitative estimate of drug-likeness (QED) is 0.750. The maximum absolute atomic E-state index is 13.2. The van der Waals surface area contributed by atoms with E-state index in [4.69, 9.17) is 11.6 Å². The van der Waals surface area contributed by atoms with Crippen LogP contribution in [-0.4, -0.2) is 13.5 Å². The first-order chi connectivity index (χ1) is 11.1. The van der Waals surface area contributed by atoms with E-state index in [1.54, 1.807) is 12.1 Å². The molecule has 0 radical (unpaired) electrons. The van der Waals surface area contributed by atoms with Gasteiger partial charge in [-0.2, -0.15) is 0 Å². The van der Waals surface area contributed by atoms with Crippen LogP contribution >= 0.6 is 11.6 Å². The number of phenolic OH excluding ortho intramolecular Hbond substituents is 1. The Balaban J connectivity index is 2.42. The number of phenols is 1. The molecule has 0 spiro atoms. The third-order valence-electron chi connectivity index (χ3n) is 4.11. The summed E-state index contributed by atoms with van der Waals surface area (Å²) in [5.74, 6) is -0.896. The van der Waals surface area contributed by atoms with Crippen molar-refractivity contribution >= 4 is 27.3 Å². The van der Waals surface area contributed by atoms with Gasteiger partial charge in [-0.3, -0.25) is 4.72 Å². The first kappa shape index (κ1) is 18.5. The van der Waals surface area contributed by atoms with Crippen molar-refractivity contribution in [3.8, 4) is 5.75 Å². The lowest BCUT2D eigenvalue weighted by molar-refractivity contribution is 0.474. The lowest BCUT2D eigenvalue weighted by Gasteiger charge is -2.24. The molecule has 0 saturated heterocycles. The van der Waals surface area contributed by atoms with Crippen LogP contribution < -0.4 is 4.72 Å². The van der Waals surface area contributed by atoms with Crippen LogP contribution in [-0.2, 0) is 15.4 Å². The Kier molecular flexibility index (Phi) is 5.11. The van der Waals surface area contributed by atoms with E-state index in [2.05, 4.69) is 4.72 Å². The average Bonchev–Trinajstić information content (AvgIpc) is 2.51. The van der Waals surface area contributed by atoms with Gasteiger partial charge in [-0.05, 0) is 47.7 Å². The van der Waals surface area contributed by atoms with Crippen LogP contribution in [0.15, 0.2) is 41.3 Å². The van der Waals surface area contributed by atoms with Crippen molar-refractivity contribution in [2.45, 2.75) is 37.5 Å². The van der Waals surface area contributed by atoms with Crippen LogP contribution in [0.1, 0.15) is 32.8 Å². The topological polar surface area (TPSA) is 66.4 Å². The van der Waals surface area contributed by atoms with Gasteiger partial charge < -0.3 is 5.11 Å². The number of hydrogen-bond acceptors (Lipinski definition) is 3. The number of hydrogen-bond donors (Lipinski definition) is 2. The standard InChI is InChI=1S/C17H19ClFNO3S/c1-4-17(2,3)11-5-8-16(21)15(9-11)20-24(22,23)12-6-7-14(19)13(18)10-12/h5-10,20-21H,4H2,1-3H3. The van der Waals surface area contributed by atoms with Crippen molar-refractivity contribution in [3.63, 3.8) is 0 Å². The molecule has 0 aliphatic heterocycles. The third-order valence-corrected chi connectivity index (χ3v) is 5.76. The van der Waals surface area contributed by atoms with Gasteiger partial charge >= 0.3 is 0 Å². The number of aromatic hydroxyl groups is 1. The SMILES string of the molecule is CCC(C)(C)c1ccc(O)c(NS(=O)(=O)c2ccc(F)c(Cl)c2)c1. The van der Waals surface area contributed by atoms with Crippen molar-refractivity contribution in [3.05, 3.63) is 52.8 Å². The summed E-state index contributed by atoms with van der Waals surface area (Å²) < 4.78 is 40.4. The fourth-order valence-electron chi connectivity index (χ4n) is 2.09. The third kappa shape index (κ3) is 3.82. The van der Waals surface area contributed by atoms with Crippen LogP contribution in [0.2, 0.25) is 5.02 Å². The predicted molar refractivity (Wildman–Crippen MR) is 93.6 cm³/mol. The molecule has 130 valence electrons. The molecule has 0 unspecified atom stereocenters. The molecule has 0 fully saturated rings. The van der Waals surface area contributed by atoms with Crippen LogP contribution in [0.25, 0.3) is 0 Å². The minimum Gasteiger partial charge on any atom is -0.506 e. The summed E-state index contributed by atoms with van der Waals surface area (Å²) in [6.45, 7) is 6.08. The highest BCUT2D eigenvalue weighted by Crippen LogP contribution is 2.34. The van der Waals surface area contributed by atoms with Gasteiger partial charge in [0.2, 0.25) is 0 Å². The second-order valence-corrected chi connectivity index (χ2v) is 8.24. The summed E-state index contributed by atoms with van der Waals surface area (Å²) in [4.78, 5) is -0.187. The summed E-state index contributed by atoms with van der Waals surface area (Å²) in [7, 11) is -4.01. The summed E-state index contributed by atoms with van der Waals surface area (Å²) in [5.41, 5.74) is 0.777. The highest BCUT2D eigenvalue weighted by Gasteiger charge is 2.22. The minimum atomic E-state index is -4.01. The van der Waals surface area contributed by atoms with Crippen molar-refractivity contribution in [2.24, 2.45) is 0 Å². The Hall–Kier alpha value is -1.79. The number of benzene rings is 2.